The summed E-state index contributed by atoms with van der Waals surface area (Å²) in [5, 5.41) is 0.271. The highest BCUT2D eigenvalue weighted by Crippen LogP contribution is 2.29. The van der Waals surface area contributed by atoms with Crippen LogP contribution in [0.2, 0.25) is 5.15 Å². The quantitative estimate of drug-likeness (QED) is 0.762. The molecule has 4 nitrogen and oxygen atoms in total. The Morgan fingerprint density at radius 2 is 2.29 bits per heavy atom. The van der Waals surface area contributed by atoms with E-state index >= 15 is 0 Å². The molecule has 1 aliphatic rings. The third-order valence-electron chi connectivity index (χ3n) is 2.58. The molecule has 0 aromatic carbocycles. The number of carbonyl (C=O) groups is 1. The van der Waals surface area contributed by atoms with Gasteiger partial charge in [0.15, 0.2) is 0 Å². The second-order valence-corrected chi connectivity index (χ2v) is 4.44. The number of hydrogen-bond donors (Lipinski definition) is 0. The maximum atomic E-state index is 12.1. The van der Waals surface area contributed by atoms with Gasteiger partial charge in [0.25, 0.3) is 5.91 Å². The number of rotatable bonds is 4. The van der Waals surface area contributed by atoms with Crippen molar-refractivity contribution in [2.24, 2.45) is 5.92 Å². The van der Waals surface area contributed by atoms with Crippen molar-refractivity contribution in [2.45, 2.75) is 12.8 Å². The van der Waals surface area contributed by atoms with Crippen LogP contribution in [0.15, 0.2) is 12.4 Å². The van der Waals surface area contributed by atoms with E-state index < -0.39 is 0 Å². The molecule has 1 amide bonds. The first-order valence-corrected chi connectivity index (χ1v) is 5.79. The van der Waals surface area contributed by atoms with Crippen molar-refractivity contribution in [3.05, 3.63) is 23.2 Å². The highest BCUT2D eigenvalue weighted by Gasteiger charge is 2.27. The van der Waals surface area contributed by atoms with Gasteiger partial charge in [0, 0.05) is 6.54 Å². The number of aromatic nitrogens is 2. The van der Waals surface area contributed by atoms with E-state index in [0.29, 0.717) is 19.0 Å². The Bertz CT molecular complexity index is 448. The van der Waals surface area contributed by atoms with E-state index in [4.69, 9.17) is 18.0 Å². The van der Waals surface area contributed by atoms with Gasteiger partial charge < -0.3 is 4.90 Å². The van der Waals surface area contributed by atoms with Crippen LogP contribution in [-0.2, 0) is 0 Å². The first-order chi connectivity index (χ1) is 8.20. The number of hydrogen-bond acceptors (Lipinski definition) is 3. The molecule has 1 aromatic heterocycles. The van der Waals surface area contributed by atoms with Crippen LogP contribution < -0.4 is 0 Å². The summed E-state index contributed by atoms with van der Waals surface area (Å²) in [7, 11) is 0. The summed E-state index contributed by atoms with van der Waals surface area (Å²) in [6.07, 6.45) is 10.3. The number of carbonyl (C=O) groups excluding carboxylic acids is 1. The molecule has 2 rings (SSSR count). The smallest absolute Gasteiger partial charge is 0.274 e. The van der Waals surface area contributed by atoms with Gasteiger partial charge >= 0.3 is 0 Å². The summed E-state index contributed by atoms with van der Waals surface area (Å²) in [4.78, 5) is 21.5. The number of halogens is 1. The van der Waals surface area contributed by atoms with Gasteiger partial charge in [-0.3, -0.25) is 4.79 Å². The van der Waals surface area contributed by atoms with Gasteiger partial charge in [-0.25, -0.2) is 9.97 Å². The molecule has 1 saturated carbocycles. The van der Waals surface area contributed by atoms with E-state index in [-0.39, 0.29) is 16.8 Å². The average Bonchev–Trinajstić information content (AvgIpc) is 3.13. The third kappa shape index (κ3) is 3.18. The van der Waals surface area contributed by atoms with Gasteiger partial charge in [0.2, 0.25) is 0 Å². The fraction of sp³-hybridized carbons (Fsp3) is 0.417. The van der Waals surface area contributed by atoms with Crippen LogP contribution in [0.3, 0.4) is 0 Å². The van der Waals surface area contributed by atoms with Crippen molar-refractivity contribution in [3.8, 4) is 12.3 Å². The minimum absolute atomic E-state index is 0.181. The van der Waals surface area contributed by atoms with Gasteiger partial charge in [0.1, 0.15) is 10.8 Å². The first kappa shape index (κ1) is 11.9. The lowest BCUT2D eigenvalue weighted by atomic mass is 10.3. The standard InChI is InChI=1S/C12H12ClN3O/c1-2-5-16(8-9-3-4-9)12(17)10-6-15-11(13)7-14-10/h1,6-7,9H,3-5,8H2. The van der Waals surface area contributed by atoms with E-state index in [2.05, 4.69) is 15.9 Å². The van der Waals surface area contributed by atoms with Gasteiger partial charge in [-0.1, -0.05) is 17.5 Å². The van der Waals surface area contributed by atoms with Crippen LogP contribution in [0.4, 0.5) is 0 Å². The average molecular weight is 250 g/mol. The molecule has 1 aromatic rings. The predicted octanol–water partition coefficient (Wildman–Crippen LogP) is 1.62. The van der Waals surface area contributed by atoms with Crippen LogP contribution in [0.5, 0.6) is 0 Å². The Hall–Kier alpha value is -1.60. The SMILES string of the molecule is C#CCN(CC1CC1)C(=O)c1cnc(Cl)cn1. The van der Waals surface area contributed by atoms with Crippen LogP contribution in [-0.4, -0.2) is 33.9 Å². The predicted molar refractivity (Wildman–Crippen MR) is 64.5 cm³/mol. The normalized spacial score (nSPS) is 14.1. The zero-order valence-electron chi connectivity index (χ0n) is 9.27. The Morgan fingerprint density at radius 1 is 1.53 bits per heavy atom. The zero-order chi connectivity index (χ0) is 12.3. The van der Waals surface area contributed by atoms with E-state index in [9.17, 15) is 4.79 Å². The number of amides is 1. The van der Waals surface area contributed by atoms with Gasteiger partial charge in [0.05, 0.1) is 18.9 Å². The van der Waals surface area contributed by atoms with E-state index in [1.165, 1.54) is 25.2 Å². The summed E-state index contributed by atoms with van der Waals surface area (Å²) in [5.74, 6) is 2.90. The van der Waals surface area contributed by atoms with Crippen molar-refractivity contribution in [2.75, 3.05) is 13.1 Å². The summed E-state index contributed by atoms with van der Waals surface area (Å²) < 4.78 is 0. The Balaban J connectivity index is 2.09. The molecule has 5 heteroatoms. The Labute approximate surface area is 105 Å². The lowest BCUT2D eigenvalue weighted by Crippen LogP contribution is -2.33. The molecular formula is C12H12ClN3O. The summed E-state index contributed by atoms with van der Waals surface area (Å²) in [5.41, 5.74) is 0.283. The maximum absolute atomic E-state index is 12.1. The lowest BCUT2D eigenvalue weighted by molar-refractivity contribution is 0.0763. The van der Waals surface area contributed by atoms with Crippen molar-refractivity contribution in [3.63, 3.8) is 0 Å². The molecule has 0 atom stereocenters. The van der Waals surface area contributed by atoms with Gasteiger partial charge in [-0.2, -0.15) is 0 Å². The molecule has 0 saturated heterocycles. The monoisotopic (exact) mass is 249 g/mol. The minimum Gasteiger partial charge on any atom is -0.326 e. The molecule has 1 fully saturated rings. The lowest BCUT2D eigenvalue weighted by Gasteiger charge is -2.19. The highest BCUT2D eigenvalue weighted by atomic mass is 35.5. The molecule has 0 bridgehead atoms. The van der Waals surface area contributed by atoms with Crippen molar-refractivity contribution in [1.82, 2.24) is 14.9 Å². The molecule has 0 aliphatic heterocycles. The van der Waals surface area contributed by atoms with Crippen LogP contribution in [0.25, 0.3) is 0 Å². The van der Waals surface area contributed by atoms with Crippen molar-refractivity contribution in [1.29, 1.82) is 0 Å². The third-order valence-corrected chi connectivity index (χ3v) is 2.78. The summed E-state index contributed by atoms with van der Waals surface area (Å²) >= 11 is 5.62. The molecule has 0 spiro atoms. The zero-order valence-corrected chi connectivity index (χ0v) is 10.0. The highest BCUT2D eigenvalue weighted by molar-refractivity contribution is 6.29. The van der Waals surface area contributed by atoms with Crippen LogP contribution >= 0.6 is 11.6 Å². The molecule has 1 aliphatic carbocycles. The van der Waals surface area contributed by atoms with Crippen molar-refractivity contribution < 1.29 is 4.79 Å². The Kier molecular flexibility index (Phi) is 3.60. The van der Waals surface area contributed by atoms with Crippen LogP contribution in [0, 0.1) is 18.3 Å². The topological polar surface area (TPSA) is 46.1 Å². The van der Waals surface area contributed by atoms with E-state index in [1.807, 2.05) is 0 Å². The summed E-state index contributed by atoms with van der Waals surface area (Å²) in [6.45, 7) is 1.01. The van der Waals surface area contributed by atoms with Crippen molar-refractivity contribution >= 4 is 17.5 Å². The number of nitrogens with zero attached hydrogens (tertiary/aromatic N) is 3. The van der Waals surface area contributed by atoms with E-state index in [1.54, 1.807) is 4.90 Å². The molecule has 17 heavy (non-hydrogen) atoms. The number of terminal acetylenes is 1. The van der Waals surface area contributed by atoms with Crippen LogP contribution in [0.1, 0.15) is 23.3 Å². The largest absolute Gasteiger partial charge is 0.326 e. The fourth-order valence-corrected chi connectivity index (χ4v) is 1.62. The molecular weight excluding hydrogens is 238 g/mol. The second-order valence-electron chi connectivity index (χ2n) is 4.06. The second kappa shape index (κ2) is 5.15. The summed E-state index contributed by atoms with van der Waals surface area (Å²) in [6, 6.07) is 0. The molecule has 1 heterocycles. The maximum Gasteiger partial charge on any atom is 0.274 e. The fourth-order valence-electron chi connectivity index (χ4n) is 1.53. The minimum atomic E-state index is -0.181. The molecule has 0 radical (unpaired) electrons. The Morgan fingerprint density at radius 3 is 2.82 bits per heavy atom. The molecule has 88 valence electrons. The molecule has 0 unspecified atom stereocenters. The van der Waals surface area contributed by atoms with E-state index in [0.717, 1.165) is 0 Å². The van der Waals surface area contributed by atoms with Gasteiger partial charge in [-0.05, 0) is 18.8 Å². The molecule has 0 N–H and O–H groups in total. The van der Waals surface area contributed by atoms with Gasteiger partial charge in [-0.15, -0.1) is 6.42 Å². The first-order valence-electron chi connectivity index (χ1n) is 5.41.